The van der Waals surface area contributed by atoms with Crippen molar-refractivity contribution in [2.24, 2.45) is 5.73 Å². The molecule has 3 aliphatic carbocycles. The standard InChI is InChI=1S/C25H30ClN9O2/c26-20-11-17(7-10-28-20)32-23(36)19-13-29-22-18(30-14-1-2-14)12-21(34-35(19)22)31-15-3-5-16(6-4-15)33-24(37)25(27)8-9-25/h7,10-16,30H,1-6,8-9,27H2,(H,31,34)(H,33,37)(H,28,32,36)/t15-,16-. The number of rotatable bonds is 8. The first-order chi connectivity index (χ1) is 17.9. The zero-order valence-corrected chi connectivity index (χ0v) is 21.1. The third-order valence-electron chi connectivity index (χ3n) is 7.28. The van der Waals surface area contributed by atoms with Crippen LogP contribution in [-0.2, 0) is 4.79 Å². The van der Waals surface area contributed by atoms with Gasteiger partial charge in [0.05, 0.1) is 17.4 Å². The summed E-state index contributed by atoms with van der Waals surface area (Å²) in [5, 5.41) is 18.0. The Balaban J connectivity index is 1.18. The van der Waals surface area contributed by atoms with Crippen LogP contribution in [0.4, 0.5) is 17.2 Å². The fourth-order valence-corrected chi connectivity index (χ4v) is 4.88. The molecule has 6 N–H and O–H groups in total. The van der Waals surface area contributed by atoms with Crippen LogP contribution in [0.1, 0.15) is 61.9 Å². The van der Waals surface area contributed by atoms with Crippen molar-refractivity contribution in [3.63, 3.8) is 0 Å². The summed E-state index contributed by atoms with van der Waals surface area (Å²) in [4.78, 5) is 33.8. The molecule has 0 aromatic carbocycles. The van der Waals surface area contributed by atoms with E-state index in [0.717, 1.165) is 57.1 Å². The number of pyridine rings is 1. The summed E-state index contributed by atoms with van der Waals surface area (Å²) in [5.74, 6) is 0.300. The number of nitrogens with one attached hydrogen (secondary N) is 4. The average molecular weight is 524 g/mol. The Morgan fingerprint density at radius 1 is 1.00 bits per heavy atom. The maximum atomic E-state index is 13.1. The van der Waals surface area contributed by atoms with Gasteiger partial charge in [0, 0.05) is 36.1 Å². The van der Waals surface area contributed by atoms with Crippen molar-refractivity contribution in [3.8, 4) is 0 Å². The molecule has 37 heavy (non-hydrogen) atoms. The van der Waals surface area contributed by atoms with Crippen molar-refractivity contribution in [2.75, 3.05) is 16.0 Å². The van der Waals surface area contributed by atoms with Crippen LogP contribution in [0.3, 0.4) is 0 Å². The van der Waals surface area contributed by atoms with E-state index in [-0.39, 0.29) is 23.9 Å². The molecule has 3 saturated carbocycles. The van der Waals surface area contributed by atoms with Gasteiger partial charge < -0.3 is 27.0 Å². The van der Waals surface area contributed by atoms with Gasteiger partial charge in [-0.15, -0.1) is 5.10 Å². The predicted molar refractivity (Wildman–Crippen MR) is 141 cm³/mol. The summed E-state index contributed by atoms with van der Waals surface area (Å²) in [6, 6.07) is 5.98. The lowest BCUT2D eigenvalue weighted by atomic mass is 9.91. The molecule has 0 spiro atoms. The summed E-state index contributed by atoms with van der Waals surface area (Å²) in [7, 11) is 0. The van der Waals surface area contributed by atoms with Crippen molar-refractivity contribution in [3.05, 3.63) is 41.4 Å². The first kappa shape index (κ1) is 23.9. The average Bonchev–Trinajstić information content (AvgIpc) is 3.79. The molecule has 0 bridgehead atoms. The molecule has 0 aliphatic heterocycles. The second-order valence-corrected chi connectivity index (χ2v) is 10.8. The van der Waals surface area contributed by atoms with Crippen molar-refractivity contribution < 1.29 is 9.59 Å². The number of hydrogen-bond acceptors (Lipinski definition) is 8. The van der Waals surface area contributed by atoms with Gasteiger partial charge in [-0.1, -0.05) is 11.6 Å². The molecular weight excluding hydrogens is 494 g/mol. The van der Waals surface area contributed by atoms with E-state index in [4.69, 9.17) is 22.4 Å². The summed E-state index contributed by atoms with van der Waals surface area (Å²) < 4.78 is 1.58. The maximum Gasteiger partial charge on any atom is 0.276 e. The fraction of sp³-hybridized carbons (Fsp3) is 0.480. The number of fused-ring (bicyclic) bond motifs is 1. The second kappa shape index (κ2) is 9.46. The third kappa shape index (κ3) is 5.33. The highest BCUT2D eigenvalue weighted by Gasteiger charge is 2.46. The van der Waals surface area contributed by atoms with Crippen LogP contribution < -0.4 is 27.0 Å². The molecule has 3 heterocycles. The quantitative estimate of drug-likeness (QED) is 0.283. The SMILES string of the molecule is NC1(C(=O)N[C@H]2CC[C@H](Nc3cc(NC4CC4)c4ncc(C(=O)Nc5ccnc(Cl)c5)n4n3)CC2)CC1. The van der Waals surface area contributed by atoms with Crippen molar-refractivity contribution >= 4 is 46.3 Å². The molecule has 3 aliphatic rings. The maximum absolute atomic E-state index is 13.1. The number of halogens is 1. The van der Waals surface area contributed by atoms with Crippen LogP contribution in [0.15, 0.2) is 30.6 Å². The first-order valence-corrected chi connectivity index (χ1v) is 13.2. The highest BCUT2D eigenvalue weighted by molar-refractivity contribution is 6.29. The lowest BCUT2D eigenvalue weighted by molar-refractivity contribution is -0.124. The Morgan fingerprint density at radius 2 is 1.70 bits per heavy atom. The van der Waals surface area contributed by atoms with Crippen LogP contribution in [0.25, 0.3) is 5.65 Å². The third-order valence-corrected chi connectivity index (χ3v) is 7.48. The van der Waals surface area contributed by atoms with E-state index < -0.39 is 5.54 Å². The number of nitrogens with two attached hydrogens (primary N) is 1. The van der Waals surface area contributed by atoms with Gasteiger partial charge in [-0.2, -0.15) is 0 Å². The number of amides is 2. The minimum Gasteiger partial charge on any atom is -0.379 e. The lowest BCUT2D eigenvalue weighted by Crippen LogP contribution is -2.48. The molecule has 6 rings (SSSR count). The largest absolute Gasteiger partial charge is 0.379 e. The topological polar surface area (TPSA) is 151 Å². The van der Waals surface area contributed by atoms with Crippen LogP contribution in [0.2, 0.25) is 5.15 Å². The summed E-state index contributed by atoms with van der Waals surface area (Å²) in [6.45, 7) is 0. The molecule has 3 aromatic rings. The van der Waals surface area contributed by atoms with E-state index in [2.05, 4.69) is 31.2 Å². The summed E-state index contributed by atoms with van der Waals surface area (Å²) in [6.07, 6.45) is 10.4. The number of imidazole rings is 1. The Labute approximate surface area is 218 Å². The molecular formula is C25H30ClN9O2. The van der Waals surface area contributed by atoms with Gasteiger partial charge in [-0.3, -0.25) is 9.59 Å². The van der Waals surface area contributed by atoms with Gasteiger partial charge in [-0.05, 0) is 63.5 Å². The Morgan fingerprint density at radius 3 is 2.41 bits per heavy atom. The zero-order chi connectivity index (χ0) is 25.6. The van der Waals surface area contributed by atoms with Crippen LogP contribution in [-0.4, -0.2) is 55.1 Å². The molecule has 0 radical (unpaired) electrons. The normalized spacial score (nSPS) is 22.3. The minimum atomic E-state index is -0.641. The minimum absolute atomic E-state index is 0.0215. The highest BCUT2D eigenvalue weighted by Crippen LogP contribution is 2.33. The number of nitrogens with zero attached hydrogens (tertiary/aromatic N) is 4. The highest BCUT2D eigenvalue weighted by atomic mass is 35.5. The molecule has 194 valence electrons. The molecule has 11 nitrogen and oxygen atoms in total. The second-order valence-electron chi connectivity index (χ2n) is 10.4. The molecule has 0 saturated heterocycles. The van der Waals surface area contributed by atoms with Crippen LogP contribution in [0, 0.1) is 0 Å². The number of carbonyl (C=O) groups is 2. The van der Waals surface area contributed by atoms with Gasteiger partial charge in [0.25, 0.3) is 5.91 Å². The van der Waals surface area contributed by atoms with E-state index in [0.29, 0.717) is 34.0 Å². The van der Waals surface area contributed by atoms with Crippen molar-refractivity contribution in [1.29, 1.82) is 0 Å². The predicted octanol–water partition coefficient (Wildman–Crippen LogP) is 2.93. The molecule has 3 aromatic heterocycles. The van der Waals surface area contributed by atoms with E-state index in [1.807, 2.05) is 6.07 Å². The van der Waals surface area contributed by atoms with Gasteiger partial charge >= 0.3 is 0 Å². The monoisotopic (exact) mass is 523 g/mol. The van der Waals surface area contributed by atoms with Crippen molar-refractivity contribution in [2.45, 2.75) is 75.0 Å². The van der Waals surface area contributed by atoms with Crippen molar-refractivity contribution in [1.82, 2.24) is 24.9 Å². The number of carbonyl (C=O) groups excluding carboxylic acids is 2. The number of anilines is 3. The molecule has 2 amide bonds. The van der Waals surface area contributed by atoms with E-state index >= 15 is 0 Å². The van der Waals surface area contributed by atoms with Gasteiger partial charge in [0.1, 0.15) is 11.0 Å². The smallest absolute Gasteiger partial charge is 0.276 e. The Bertz CT molecular complexity index is 1340. The molecule has 0 atom stereocenters. The summed E-state index contributed by atoms with van der Waals surface area (Å²) in [5.41, 5.74) is 7.67. The summed E-state index contributed by atoms with van der Waals surface area (Å²) >= 11 is 5.96. The van der Waals surface area contributed by atoms with Crippen LogP contribution >= 0.6 is 11.6 Å². The molecule has 0 unspecified atom stereocenters. The van der Waals surface area contributed by atoms with Gasteiger partial charge in [0.2, 0.25) is 5.91 Å². The van der Waals surface area contributed by atoms with E-state index in [1.165, 1.54) is 12.4 Å². The van der Waals surface area contributed by atoms with E-state index in [1.54, 1.807) is 16.6 Å². The zero-order valence-electron chi connectivity index (χ0n) is 20.3. The van der Waals surface area contributed by atoms with E-state index in [9.17, 15) is 9.59 Å². The number of hydrogen-bond donors (Lipinski definition) is 5. The van der Waals surface area contributed by atoms with Gasteiger partial charge in [0.15, 0.2) is 11.3 Å². The molecule has 3 fully saturated rings. The Hall–Kier alpha value is -3.44. The Kier molecular flexibility index (Phi) is 6.12. The molecule has 12 heteroatoms. The van der Waals surface area contributed by atoms with Gasteiger partial charge in [-0.25, -0.2) is 14.5 Å². The number of aromatic nitrogens is 4. The van der Waals surface area contributed by atoms with Crippen LogP contribution in [0.5, 0.6) is 0 Å². The lowest BCUT2D eigenvalue weighted by Gasteiger charge is -2.30. The fourth-order valence-electron chi connectivity index (χ4n) is 4.71. The first-order valence-electron chi connectivity index (χ1n) is 12.8.